The van der Waals surface area contributed by atoms with E-state index in [4.69, 9.17) is 0 Å². The molecule has 0 radical (unpaired) electrons. The Labute approximate surface area is 163 Å². The van der Waals surface area contributed by atoms with Gasteiger partial charge in [0.25, 0.3) is 6.43 Å². The van der Waals surface area contributed by atoms with Crippen molar-refractivity contribution in [2.24, 2.45) is 11.8 Å². The number of nitrogens with one attached hydrogen (secondary N) is 1. The number of aliphatic hydroxyl groups excluding tert-OH is 1. The second-order valence-corrected chi connectivity index (χ2v) is 8.01. The Morgan fingerprint density at radius 1 is 1.29 bits per heavy atom. The van der Waals surface area contributed by atoms with Crippen LogP contribution >= 0.6 is 0 Å². The summed E-state index contributed by atoms with van der Waals surface area (Å²) in [6.45, 7) is 7.00. The van der Waals surface area contributed by atoms with Gasteiger partial charge in [-0.05, 0) is 42.5 Å². The van der Waals surface area contributed by atoms with Crippen LogP contribution in [0.4, 0.5) is 14.5 Å². The maximum absolute atomic E-state index is 13.4. The molecule has 0 aliphatic carbocycles. The number of hydrogen-bond donors (Lipinski definition) is 2. The number of pyridine rings is 1. The van der Waals surface area contributed by atoms with Crippen molar-refractivity contribution in [3.8, 4) is 0 Å². The fourth-order valence-electron chi connectivity index (χ4n) is 3.87. The largest absolute Gasteiger partial charge is 0.383 e. The van der Waals surface area contributed by atoms with E-state index in [-0.39, 0.29) is 23.4 Å². The third-order valence-corrected chi connectivity index (χ3v) is 5.26. The molecule has 1 fully saturated rings. The van der Waals surface area contributed by atoms with Crippen LogP contribution < -0.4 is 10.2 Å². The first-order valence-electron chi connectivity index (χ1n) is 9.67. The Hall–Kier alpha value is -2.28. The lowest BCUT2D eigenvalue weighted by Crippen LogP contribution is -2.53. The molecule has 1 aliphatic rings. The lowest BCUT2D eigenvalue weighted by atomic mass is 9.94. The van der Waals surface area contributed by atoms with Gasteiger partial charge >= 0.3 is 0 Å². The monoisotopic (exact) mass is 391 g/mol. The Balaban J connectivity index is 1.87. The molecule has 2 aromatic rings. The summed E-state index contributed by atoms with van der Waals surface area (Å²) >= 11 is 0. The van der Waals surface area contributed by atoms with Crippen LogP contribution in [-0.2, 0) is 4.79 Å². The van der Waals surface area contributed by atoms with E-state index < -0.39 is 12.5 Å². The van der Waals surface area contributed by atoms with Crippen molar-refractivity contribution in [3.05, 3.63) is 36.0 Å². The molecule has 152 valence electrons. The second-order valence-electron chi connectivity index (χ2n) is 8.01. The van der Waals surface area contributed by atoms with Crippen LogP contribution in [0.5, 0.6) is 0 Å². The molecule has 1 saturated heterocycles. The average molecular weight is 391 g/mol. The summed E-state index contributed by atoms with van der Waals surface area (Å²) in [4.78, 5) is 18.6. The van der Waals surface area contributed by atoms with Crippen LogP contribution in [0.1, 0.15) is 39.2 Å². The van der Waals surface area contributed by atoms with E-state index in [0.29, 0.717) is 23.4 Å². The quantitative estimate of drug-likeness (QED) is 0.819. The molecule has 1 aromatic carbocycles. The first-order valence-corrected chi connectivity index (χ1v) is 9.67. The van der Waals surface area contributed by atoms with Gasteiger partial charge < -0.3 is 15.3 Å². The van der Waals surface area contributed by atoms with Gasteiger partial charge in [0.2, 0.25) is 5.91 Å². The minimum atomic E-state index is -2.59. The highest BCUT2D eigenvalue weighted by molar-refractivity contribution is 5.94. The van der Waals surface area contributed by atoms with E-state index in [2.05, 4.69) is 22.1 Å². The number of benzene rings is 1. The number of piperidine rings is 1. The van der Waals surface area contributed by atoms with Gasteiger partial charge in [-0.15, -0.1) is 0 Å². The van der Waals surface area contributed by atoms with Crippen LogP contribution in [0.2, 0.25) is 0 Å². The molecule has 0 saturated carbocycles. The Kier molecular flexibility index (Phi) is 6.13. The fourth-order valence-corrected chi connectivity index (χ4v) is 3.87. The number of nitrogens with zero attached hydrogens (tertiary/aromatic N) is 2. The topological polar surface area (TPSA) is 65.5 Å². The molecule has 1 aromatic heterocycles. The van der Waals surface area contributed by atoms with Crippen molar-refractivity contribution in [1.29, 1.82) is 0 Å². The number of amides is 1. The van der Waals surface area contributed by atoms with Crippen LogP contribution in [-0.4, -0.2) is 41.2 Å². The summed E-state index contributed by atoms with van der Waals surface area (Å²) in [5.74, 6) is -0.223. The number of alkyl halides is 2. The fraction of sp³-hybridized carbons (Fsp3) is 0.524. The van der Waals surface area contributed by atoms with Crippen LogP contribution in [0, 0.1) is 11.8 Å². The molecular formula is C21H27F2N3O2. The number of rotatable bonds is 5. The molecule has 1 aliphatic heterocycles. The van der Waals surface area contributed by atoms with Gasteiger partial charge in [-0.3, -0.25) is 9.78 Å². The summed E-state index contributed by atoms with van der Waals surface area (Å²) in [6.07, 6.45) is -1.30. The SMILES string of the molecule is CC(C)C(O)C(=O)N[C@@H]1C[C@H](C)CN(c2ccc(C(F)F)c3ncccc23)C1. The molecule has 28 heavy (non-hydrogen) atoms. The summed E-state index contributed by atoms with van der Waals surface area (Å²) in [5.41, 5.74) is 1.07. The highest BCUT2D eigenvalue weighted by atomic mass is 19.3. The first kappa shape index (κ1) is 20.5. The van der Waals surface area contributed by atoms with Gasteiger partial charge in [0.1, 0.15) is 6.10 Å². The van der Waals surface area contributed by atoms with Gasteiger partial charge in [0, 0.05) is 42.0 Å². The van der Waals surface area contributed by atoms with Crippen LogP contribution in [0.15, 0.2) is 30.5 Å². The molecule has 0 bridgehead atoms. The molecule has 0 spiro atoms. The predicted molar refractivity (Wildman–Crippen MR) is 105 cm³/mol. The van der Waals surface area contributed by atoms with E-state index in [1.807, 2.05) is 0 Å². The summed E-state index contributed by atoms with van der Waals surface area (Å²) in [7, 11) is 0. The normalized spacial score (nSPS) is 21.4. The molecule has 5 nitrogen and oxygen atoms in total. The van der Waals surface area contributed by atoms with E-state index in [9.17, 15) is 18.7 Å². The van der Waals surface area contributed by atoms with Gasteiger partial charge in [0.05, 0.1) is 5.52 Å². The van der Waals surface area contributed by atoms with Crippen molar-refractivity contribution in [1.82, 2.24) is 10.3 Å². The Morgan fingerprint density at radius 2 is 2.04 bits per heavy atom. The smallest absolute Gasteiger partial charge is 0.265 e. The third kappa shape index (κ3) is 4.24. The van der Waals surface area contributed by atoms with Crippen molar-refractivity contribution in [2.75, 3.05) is 18.0 Å². The summed E-state index contributed by atoms with van der Waals surface area (Å²) in [6, 6.07) is 6.58. The molecule has 3 atom stereocenters. The van der Waals surface area contributed by atoms with Crippen LogP contribution in [0.25, 0.3) is 10.9 Å². The zero-order chi connectivity index (χ0) is 20.4. The number of anilines is 1. The highest BCUT2D eigenvalue weighted by Crippen LogP contribution is 2.34. The maximum atomic E-state index is 13.4. The summed E-state index contributed by atoms with van der Waals surface area (Å²) < 4.78 is 26.7. The molecule has 7 heteroatoms. The second kappa shape index (κ2) is 8.39. The summed E-state index contributed by atoms with van der Waals surface area (Å²) in [5, 5.41) is 13.6. The number of aromatic nitrogens is 1. The van der Waals surface area contributed by atoms with Gasteiger partial charge in [-0.2, -0.15) is 0 Å². The number of hydrogen-bond acceptors (Lipinski definition) is 4. The standard InChI is InChI=1S/C21H27F2N3O2/c1-12(2)19(27)21(28)25-14-9-13(3)10-26(11-14)17-7-6-16(20(22)23)18-15(17)5-4-8-24-18/h4-8,12-14,19-20,27H,9-11H2,1-3H3,(H,25,28)/t13-,14+,19?/m0/s1. The van der Waals surface area contributed by atoms with Gasteiger partial charge in [0.15, 0.2) is 0 Å². The molecule has 2 heterocycles. The zero-order valence-corrected chi connectivity index (χ0v) is 16.4. The van der Waals surface area contributed by atoms with Gasteiger partial charge in [-0.25, -0.2) is 8.78 Å². The van der Waals surface area contributed by atoms with E-state index >= 15 is 0 Å². The lowest BCUT2D eigenvalue weighted by molar-refractivity contribution is -0.132. The average Bonchev–Trinajstić information content (AvgIpc) is 2.65. The molecule has 2 N–H and O–H groups in total. The highest BCUT2D eigenvalue weighted by Gasteiger charge is 2.29. The number of aliphatic hydroxyl groups is 1. The predicted octanol–water partition coefficient (Wildman–Crippen LogP) is 3.52. The minimum absolute atomic E-state index is 0.0747. The number of halogens is 2. The molecule has 3 rings (SSSR count). The van der Waals surface area contributed by atoms with Crippen molar-refractivity contribution < 1.29 is 18.7 Å². The van der Waals surface area contributed by atoms with Crippen molar-refractivity contribution >= 4 is 22.5 Å². The maximum Gasteiger partial charge on any atom is 0.265 e. The Bertz CT molecular complexity index is 844. The van der Waals surface area contributed by atoms with Gasteiger partial charge in [-0.1, -0.05) is 20.8 Å². The number of carbonyl (C=O) groups is 1. The number of fused-ring (bicyclic) bond motifs is 1. The van der Waals surface area contributed by atoms with E-state index in [1.165, 1.54) is 12.3 Å². The lowest BCUT2D eigenvalue weighted by Gasteiger charge is -2.39. The minimum Gasteiger partial charge on any atom is -0.383 e. The molecular weight excluding hydrogens is 364 g/mol. The Morgan fingerprint density at radius 3 is 2.71 bits per heavy atom. The van der Waals surface area contributed by atoms with Crippen molar-refractivity contribution in [3.63, 3.8) is 0 Å². The van der Waals surface area contributed by atoms with Crippen molar-refractivity contribution in [2.45, 2.75) is 45.8 Å². The van der Waals surface area contributed by atoms with E-state index in [1.54, 1.807) is 32.0 Å². The zero-order valence-electron chi connectivity index (χ0n) is 16.4. The third-order valence-electron chi connectivity index (χ3n) is 5.26. The molecule has 1 unspecified atom stereocenters. The van der Waals surface area contributed by atoms with Crippen LogP contribution in [0.3, 0.4) is 0 Å². The first-order chi connectivity index (χ1) is 13.3. The molecule has 1 amide bonds. The van der Waals surface area contributed by atoms with E-state index in [0.717, 1.165) is 18.7 Å². The number of carbonyl (C=O) groups excluding carboxylic acids is 1.